The number of halogens is 2. The summed E-state index contributed by atoms with van der Waals surface area (Å²) in [5, 5.41) is 9.92. The highest BCUT2D eigenvalue weighted by Crippen LogP contribution is 2.35. The van der Waals surface area contributed by atoms with E-state index in [4.69, 9.17) is 0 Å². The predicted molar refractivity (Wildman–Crippen MR) is 137 cm³/mol. The van der Waals surface area contributed by atoms with Crippen molar-refractivity contribution in [3.8, 4) is 33.8 Å². The Kier molecular flexibility index (Phi) is 4.96. The third-order valence-electron chi connectivity index (χ3n) is 6.57. The van der Waals surface area contributed by atoms with Crippen LogP contribution in [0, 0.1) is 17.6 Å². The average molecular weight is 508 g/mol. The van der Waals surface area contributed by atoms with Crippen molar-refractivity contribution in [2.24, 2.45) is 5.92 Å². The van der Waals surface area contributed by atoms with Gasteiger partial charge in [-0.1, -0.05) is 18.2 Å². The first-order chi connectivity index (χ1) is 18.6. The van der Waals surface area contributed by atoms with E-state index in [2.05, 4.69) is 40.4 Å². The first-order valence-corrected chi connectivity index (χ1v) is 12.0. The number of fused-ring (bicyclic) bond motifs is 2. The largest absolute Gasteiger partial charge is 0.324 e. The number of carbonyl (C=O) groups excluding carboxylic acids is 1. The second kappa shape index (κ2) is 8.51. The molecule has 0 saturated heterocycles. The molecule has 1 fully saturated rings. The lowest BCUT2D eigenvalue weighted by Crippen LogP contribution is -2.13. The molecular weight excluding hydrogens is 490 g/mol. The van der Waals surface area contributed by atoms with Crippen LogP contribution < -0.4 is 5.32 Å². The highest BCUT2D eigenvalue weighted by atomic mass is 19.1. The highest BCUT2D eigenvalue weighted by Gasteiger charge is 2.29. The van der Waals surface area contributed by atoms with E-state index >= 15 is 4.39 Å². The van der Waals surface area contributed by atoms with Crippen molar-refractivity contribution in [1.29, 1.82) is 0 Å². The molecule has 0 aliphatic heterocycles. The van der Waals surface area contributed by atoms with Gasteiger partial charge in [0, 0.05) is 46.8 Å². The number of H-pyrrole nitrogens is 2. The number of hydrogen-bond donors (Lipinski definition) is 3. The molecule has 5 aromatic heterocycles. The lowest BCUT2D eigenvalue weighted by molar-refractivity contribution is -0.117. The van der Waals surface area contributed by atoms with Crippen LogP contribution >= 0.6 is 0 Å². The summed E-state index contributed by atoms with van der Waals surface area (Å²) in [5.74, 6) is -0.725. The van der Waals surface area contributed by atoms with Gasteiger partial charge in [0.1, 0.15) is 22.8 Å². The zero-order valence-electron chi connectivity index (χ0n) is 19.7. The summed E-state index contributed by atoms with van der Waals surface area (Å²) in [6.07, 6.45) is 7.70. The van der Waals surface area contributed by atoms with Crippen molar-refractivity contribution >= 4 is 33.8 Å². The van der Waals surface area contributed by atoms with Crippen molar-refractivity contribution in [3.63, 3.8) is 0 Å². The molecule has 0 atom stereocenters. The second-order valence-electron chi connectivity index (χ2n) is 9.13. The zero-order valence-corrected chi connectivity index (χ0v) is 19.7. The maximum absolute atomic E-state index is 16.0. The standard InChI is InChI=1S/C27H18F2N8O/c28-19-4-2-1-3-16(19)17-7-8-31-25-22(17)34-26(35-25)23-20-21(29)18(12-32-24(20)37-36-23)14-9-15(11-30-10-14)33-27(38)13-5-6-13/h1-4,7-13H,5-6H2,(H,33,38)(H,31,34,35)(H,32,36,37). The third kappa shape index (κ3) is 3.67. The van der Waals surface area contributed by atoms with Gasteiger partial charge in [-0.05, 0) is 31.0 Å². The van der Waals surface area contributed by atoms with Crippen LogP contribution in [-0.4, -0.2) is 41.0 Å². The number of anilines is 1. The topological polar surface area (TPSA) is 125 Å². The summed E-state index contributed by atoms with van der Waals surface area (Å²) >= 11 is 0. The maximum Gasteiger partial charge on any atom is 0.227 e. The van der Waals surface area contributed by atoms with Gasteiger partial charge in [-0.2, -0.15) is 5.10 Å². The molecule has 1 aliphatic carbocycles. The normalized spacial score (nSPS) is 13.3. The summed E-state index contributed by atoms with van der Waals surface area (Å²) in [7, 11) is 0. The number of nitrogens with one attached hydrogen (secondary N) is 3. The molecule has 1 aliphatic rings. The van der Waals surface area contributed by atoms with Crippen molar-refractivity contribution in [2.45, 2.75) is 12.8 Å². The first-order valence-electron chi connectivity index (χ1n) is 12.0. The van der Waals surface area contributed by atoms with Gasteiger partial charge in [0.15, 0.2) is 17.1 Å². The number of nitrogens with zero attached hydrogens (tertiary/aromatic N) is 5. The van der Waals surface area contributed by atoms with Gasteiger partial charge < -0.3 is 10.3 Å². The zero-order chi connectivity index (χ0) is 25.8. The number of amides is 1. The molecular formula is C27H18F2N8O. The van der Waals surface area contributed by atoms with E-state index < -0.39 is 5.82 Å². The minimum atomic E-state index is -0.575. The van der Waals surface area contributed by atoms with Crippen LogP contribution in [0.2, 0.25) is 0 Å². The van der Waals surface area contributed by atoms with E-state index in [-0.39, 0.29) is 45.8 Å². The number of carbonyl (C=O) groups is 1. The SMILES string of the molecule is O=C(Nc1cncc(-c2cnc3n[nH]c(-c4nc5c(-c6ccccc6F)ccnc5[nH]4)c3c2F)c1)C1CC1. The summed E-state index contributed by atoms with van der Waals surface area (Å²) in [6.45, 7) is 0. The maximum atomic E-state index is 16.0. The Morgan fingerprint density at radius 1 is 1.00 bits per heavy atom. The Labute approximate surface area is 213 Å². The molecule has 9 nitrogen and oxygen atoms in total. The monoisotopic (exact) mass is 508 g/mol. The lowest BCUT2D eigenvalue weighted by atomic mass is 10.1. The van der Waals surface area contributed by atoms with Gasteiger partial charge in [-0.3, -0.25) is 14.9 Å². The predicted octanol–water partition coefficient (Wildman–Crippen LogP) is 5.25. The average Bonchev–Trinajstić information content (AvgIpc) is 3.54. The fourth-order valence-corrected chi connectivity index (χ4v) is 4.49. The molecule has 3 N–H and O–H groups in total. The molecule has 1 aromatic carbocycles. The number of hydrogen-bond acceptors (Lipinski definition) is 6. The van der Waals surface area contributed by atoms with Crippen LogP contribution in [0.4, 0.5) is 14.5 Å². The van der Waals surface area contributed by atoms with Gasteiger partial charge in [0.25, 0.3) is 0 Å². The summed E-state index contributed by atoms with van der Waals surface area (Å²) < 4.78 is 30.5. The van der Waals surface area contributed by atoms with Crippen LogP contribution in [0.3, 0.4) is 0 Å². The highest BCUT2D eigenvalue weighted by molar-refractivity contribution is 5.97. The third-order valence-corrected chi connectivity index (χ3v) is 6.57. The Hall–Kier alpha value is -5.06. The molecule has 186 valence electrons. The summed E-state index contributed by atoms with van der Waals surface area (Å²) in [5.41, 5.74) is 3.33. The molecule has 6 aromatic rings. The molecule has 7 rings (SSSR count). The molecule has 0 spiro atoms. The number of aromatic nitrogens is 7. The van der Waals surface area contributed by atoms with Crippen molar-refractivity contribution in [3.05, 3.63) is 72.8 Å². The smallest absolute Gasteiger partial charge is 0.227 e. The van der Waals surface area contributed by atoms with Crippen LogP contribution in [0.1, 0.15) is 12.8 Å². The van der Waals surface area contributed by atoms with Gasteiger partial charge >= 0.3 is 0 Å². The van der Waals surface area contributed by atoms with Gasteiger partial charge in [-0.15, -0.1) is 0 Å². The van der Waals surface area contributed by atoms with E-state index in [0.717, 1.165) is 12.8 Å². The number of benzene rings is 1. The fourth-order valence-electron chi connectivity index (χ4n) is 4.49. The van der Waals surface area contributed by atoms with Crippen molar-refractivity contribution in [2.75, 3.05) is 5.32 Å². The molecule has 0 unspecified atom stereocenters. The quantitative estimate of drug-likeness (QED) is 0.292. The van der Waals surface area contributed by atoms with E-state index in [9.17, 15) is 9.18 Å². The van der Waals surface area contributed by atoms with Crippen LogP contribution in [0.5, 0.6) is 0 Å². The Balaban J connectivity index is 1.33. The Morgan fingerprint density at radius 2 is 1.87 bits per heavy atom. The van der Waals surface area contributed by atoms with E-state index in [1.54, 1.807) is 36.5 Å². The molecule has 1 saturated carbocycles. The van der Waals surface area contributed by atoms with Gasteiger partial charge in [-0.25, -0.2) is 23.7 Å². The number of pyridine rings is 3. The number of aromatic amines is 2. The first kappa shape index (κ1) is 22.2. The van der Waals surface area contributed by atoms with Gasteiger partial charge in [0.05, 0.1) is 17.3 Å². The van der Waals surface area contributed by atoms with E-state index in [1.165, 1.54) is 24.7 Å². The fraction of sp³-hybridized carbons (Fsp3) is 0.111. The van der Waals surface area contributed by atoms with Crippen LogP contribution in [-0.2, 0) is 4.79 Å². The Bertz CT molecular complexity index is 1870. The summed E-state index contributed by atoms with van der Waals surface area (Å²) in [6, 6.07) is 9.73. The lowest BCUT2D eigenvalue weighted by Gasteiger charge is -2.08. The number of imidazole rings is 1. The van der Waals surface area contributed by atoms with Crippen LogP contribution in [0.25, 0.3) is 56.0 Å². The molecule has 38 heavy (non-hydrogen) atoms. The van der Waals surface area contributed by atoms with Gasteiger partial charge in [0.2, 0.25) is 5.91 Å². The molecule has 5 heterocycles. The minimum absolute atomic E-state index is 0.0269. The molecule has 11 heteroatoms. The van der Waals surface area contributed by atoms with Crippen molar-refractivity contribution < 1.29 is 13.6 Å². The number of rotatable bonds is 5. The second-order valence-corrected chi connectivity index (χ2v) is 9.13. The van der Waals surface area contributed by atoms with E-state index in [0.29, 0.717) is 33.5 Å². The Morgan fingerprint density at radius 3 is 2.71 bits per heavy atom. The van der Waals surface area contributed by atoms with Crippen LogP contribution in [0.15, 0.2) is 61.2 Å². The molecule has 1 amide bonds. The summed E-state index contributed by atoms with van der Waals surface area (Å²) in [4.78, 5) is 32.7. The molecule has 0 bridgehead atoms. The van der Waals surface area contributed by atoms with Crippen molar-refractivity contribution in [1.82, 2.24) is 35.1 Å². The molecule has 0 radical (unpaired) electrons. The minimum Gasteiger partial charge on any atom is -0.324 e. The van der Waals surface area contributed by atoms with E-state index in [1.807, 2.05) is 0 Å².